The lowest BCUT2D eigenvalue weighted by atomic mass is 10.1. The van der Waals surface area contributed by atoms with E-state index < -0.39 is 12.1 Å². The molecule has 0 radical (unpaired) electrons. The third-order valence-electron chi connectivity index (χ3n) is 3.44. The van der Waals surface area contributed by atoms with Gasteiger partial charge in [0.25, 0.3) is 5.91 Å². The smallest absolute Gasteiger partial charge is 0.306 e. The molecule has 7 nitrogen and oxygen atoms in total. The molecule has 0 fully saturated rings. The molecule has 0 heterocycles. The molecule has 1 amide bonds. The number of esters is 1. The van der Waals surface area contributed by atoms with Crippen LogP contribution in [0.5, 0.6) is 17.2 Å². The van der Waals surface area contributed by atoms with Crippen LogP contribution in [0, 0.1) is 0 Å². The maximum Gasteiger partial charge on any atom is 0.306 e. The van der Waals surface area contributed by atoms with Gasteiger partial charge in [0, 0.05) is 20.5 Å². The lowest BCUT2D eigenvalue weighted by Gasteiger charge is -2.17. The average Bonchev–Trinajstić information content (AvgIpc) is 2.57. The van der Waals surface area contributed by atoms with E-state index in [1.54, 1.807) is 33.2 Å². The number of carbonyl (C=O) groups excluding carboxylic acids is 2. The molecule has 0 aromatic heterocycles. The molecule has 0 bridgehead atoms. The van der Waals surface area contributed by atoms with Crippen molar-refractivity contribution >= 4 is 11.9 Å². The van der Waals surface area contributed by atoms with Crippen LogP contribution in [0.1, 0.15) is 18.9 Å². The number of rotatable bonds is 8. The number of amides is 1. The maximum atomic E-state index is 11.9. The van der Waals surface area contributed by atoms with E-state index in [2.05, 4.69) is 0 Å². The summed E-state index contributed by atoms with van der Waals surface area (Å²) >= 11 is 0. The van der Waals surface area contributed by atoms with Gasteiger partial charge in [-0.25, -0.2) is 0 Å². The van der Waals surface area contributed by atoms with Crippen LogP contribution in [0.25, 0.3) is 0 Å². The monoisotopic (exact) mass is 339 g/mol. The van der Waals surface area contributed by atoms with Crippen molar-refractivity contribution in [1.29, 1.82) is 0 Å². The zero-order chi connectivity index (χ0) is 18.3. The molecule has 0 unspecified atom stereocenters. The second kappa shape index (κ2) is 9.00. The SMILES string of the molecule is COc1cc(CCC(=O)O[C@H](C)C(=O)N(C)C)cc(OC)c1OC. The summed E-state index contributed by atoms with van der Waals surface area (Å²) in [5, 5.41) is 0. The minimum absolute atomic E-state index is 0.143. The summed E-state index contributed by atoms with van der Waals surface area (Å²) in [6, 6.07) is 3.56. The van der Waals surface area contributed by atoms with E-state index in [4.69, 9.17) is 18.9 Å². The second-order valence-electron chi connectivity index (χ2n) is 5.40. The number of aryl methyl sites for hydroxylation is 1. The first kappa shape index (κ1) is 19.6. The third kappa shape index (κ3) is 5.04. The Kier molecular flexibility index (Phi) is 7.35. The number of carbonyl (C=O) groups is 2. The lowest BCUT2D eigenvalue weighted by Crippen LogP contribution is -2.34. The number of likely N-dealkylation sites (N-methyl/N-ethyl adjacent to an activating group) is 1. The zero-order valence-corrected chi connectivity index (χ0v) is 15.0. The minimum atomic E-state index is -0.799. The molecule has 0 aliphatic heterocycles. The van der Waals surface area contributed by atoms with Crippen molar-refractivity contribution in [2.75, 3.05) is 35.4 Å². The maximum absolute atomic E-state index is 11.9. The first-order chi connectivity index (χ1) is 11.3. The van der Waals surface area contributed by atoms with Gasteiger partial charge < -0.3 is 23.8 Å². The van der Waals surface area contributed by atoms with Crippen LogP contribution in [0.4, 0.5) is 0 Å². The molecule has 0 aliphatic rings. The summed E-state index contributed by atoms with van der Waals surface area (Å²) < 4.78 is 20.9. The minimum Gasteiger partial charge on any atom is -0.493 e. The van der Waals surface area contributed by atoms with Crippen LogP contribution >= 0.6 is 0 Å². The molecule has 0 saturated heterocycles. The summed E-state index contributed by atoms with van der Waals surface area (Å²) in [5.74, 6) is 0.854. The molecule has 1 aromatic carbocycles. The Bertz CT molecular complexity index is 559. The van der Waals surface area contributed by atoms with E-state index in [1.807, 2.05) is 0 Å². The fourth-order valence-electron chi connectivity index (χ4n) is 2.20. The van der Waals surface area contributed by atoms with Crippen molar-refractivity contribution < 1.29 is 28.5 Å². The predicted molar refractivity (Wildman–Crippen MR) is 88.7 cm³/mol. The molecular weight excluding hydrogens is 314 g/mol. The summed E-state index contributed by atoms with van der Waals surface area (Å²) in [6.45, 7) is 1.56. The number of methoxy groups -OCH3 is 3. The van der Waals surface area contributed by atoms with E-state index >= 15 is 0 Å². The van der Waals surface area contributed by atoms with Crippen LogP contribution in [0.15, 0.2) is 12.1 Å². The summed E-state index contributed by atoms with van der Waals surface area (Å²) in [7, 11) is 7.82. The van der Waals surface area contributed by atoms with E-state index in [1.165, 1.54) is 26.2 Å². The normalized spacial score (nSPS) is 11.4. The Morgan fingerprint density at radius 3 is 2.00 bits per heavy atom. The highest BCUT2D eigenvalue weighted by Gasteiger charge is 2.20. The van der Waals surface area contributed by atoms with E-state index in [0.29, 0.717) is 23.7 Å². The number of benzene rings is 1. The van der Waals surface area contributed by atoms with Gasteiger partial charge in [0.1, 0.15) is 0 Å². The van der Waals surface area contributed by atoms with Crippen molar-refractivity contribution in [1.82, 2.24) is 4.90 Å². The van der Waals surface area contributed by atoms with Crippen LogP contribution in [-0.4, -0.2) is 58.3 Å². The largest absolute Gasteiger partial charge is 0.493 e. The van der Waals surface area contributed by atoms with Crippen LogP contribution < -0.4 is 14.2 Å². The first-order valence-electron chi connectivity index (χ1n) is 7.53. The quantitative estimate of drug-likeness (QED) is 0.671. The third-order valence-corrected chi connectivity index (χ3v) is 3.44. The highest BCUT2D eigenvalue weighted by molar-refractivity contribution is 5.83. The molecule has 0 saturated carbocycles. The van der Waals surface area contributed by atoms with Gasteiger partial charge in [-0.15, -0.1) is 0 Å². The van der Waals surface area contributed by atoms with Crippen molar-refractivity contribution in [2.45, 2.75) is 25.9 Å². The molecule has 1 atom stereocenters. The van der Waals surface area contributed by atoms with E-state index in [9.17, 15) is 9.59 Å². The fourth-order valence-corrected chi connectivity index (χ4v) is 2.20. The number of nitrogens with zero attached hydrogens (tertiary/aromatic N) is 1. The molecular formula is C17H25NO6. The lowest BCUT2D eigenvalue weighted by molar-refractivity contribution is -0.157. The number of hydrogen-bond acceptors (Lipinski definition) is 6. The summed E-state index contributed by atoms with van der Waals surface area (Å²) in [6.07, 6.45) is -0.227. The molecule has 0 spiro atoms. The van der Waals surface area contributed by atoms with E-state index in [0.717, 1.165) is 5.56 Å². The van der Waals surface area contributed by atoms with Crippen LogP contribution in [-0.2, 0) is 20.7 Å². The zero-order valence-electron chi connectivity index (χ0n) is 15.0. The Morgan fingerprint density at radius 1 is 1.04 bits per heavy atom. The van der Waals surface area contributed by atoms with E-state index in [-0.39, 0.29) is 12.3 Å². The van der Waals surface area contributed by atoms with Crippen LogP contribution in [0.3, 0.4) is 0 Å². The molecule has 7 heteroatoms. The molecule has 1 rings (SSSR count). The molecule has 0 N–H and O–H groups in total. The summed E-state index contributed by atoms with van der Waals surface area (Å²) in [4.78, 5) is 25.0. The molecule has 24 heavy (non-hydrogen) atoms. The van der Waals surface area contributed by atoms with Crippen LogP contribution in [0.2, 0.25) is 0 Å². The standard InChI is InChI=1S/C17H25NO6/c1-11(17(20)18(2)3)24-15(19)8-7-12-9-13(21-4)16(23-6)14(10-12)22-5/h9-11H,7-8H2,1-6H3/t11-/m1/s1. The average molecular weight is 339 g/mol. The van der Waals surface area contributed by atoms with Crippen molar-refractivity contribution in [2.24, 2.45) is 0 Å². The number of ether oxygens (including phenoxy) is 4. The van der Waals surface area contributed by atoms with Crippen molar-refractivity contribution in [3.05, 3.63) is 17.7 Å². The van der Waals surface area contributed by atoms with Crippen molar-refractivity contribution in [3.63, 3.8) is 0 Å². The highest BCUT2D eigenvalue weighted by atomic mass is 16.5. The Balaban J connectivity index is 2.73. The van der Waals surface area contributed by atoms with Gasteiger partial charge in [-0.05, 0) is 31.0 Å². The Morgan fingerprint density at radius 2 is 1.58 bits per heavy atom. The van der Waals surface area contributed by atoms with Gasteiger partial charge in [-0.2, -0.15) is 0 Å². The van der Waals surface area contributed by atoms with Gasteiger partial charge in [0.15, 0.2) is 17.6 Å². The number of hydrogen-bond donors (Lipinski definition) is 0. The molecule has 1 aromatic rings. The fraction of sp³-hybridized carbons (Fsp3) is 0.529. The first-order valence-corrected chi connectivity index (χ1v) is 7.53. The van der Waals surface area contributed by atoms with Gasteiger partial charge in [0.05, 0.1) is 21.3 Å². The second-order valence-corrected chi connectivity index (χ2v) is 5.40. The van der Waals surface area contributed by atoms with Gasteiger partial charge in [-0.1, -0.05) is 0 Å². The predicted octanol–water partition coefficient (Wildman–Crippen LogP) is 1.66. The summed E-state index contributed by atoms with van der Waals surface area (Å²) in [5.41, 5.74) is 0.841. The van der Waals surface area contributed by atoms with Gasteiger partial charge in [-0.3, -0.25) is 9.59 Å². The highest BCUT2D eigenvalue weighted by Crippen LogP contribution is 2.38. The molecule has 134 valence electrons. The van der Waals surface area contributed by atoms with Gasteiger partial charge >= 0.3 is 5.97 Å². The Labute approximate surface area is 142 Å². The van der Waals surface area contributed by atoms with Crippen molar-refractivity contribution in [3.8, 4) is 17.2 Å². The topological polar surface area (TPSA) is 74.3 Å². The molecule has 0 aliphatic carbocycles. The Hall–Kier alpha value is -2.44. The van der Waals surface area contributed by atoms with Gasteiger partial charge in [0.2, 0.25) is 5.75 Å².